The first-order valence-electron chi connectivity index (χ1n) is 9.93. The van der Waals surface area contributed by atoms with Crippen LogP contribution in [0.5, 0.6) is 0 Å². The van der Waals surface area contributed by atoms with E-state index >= 15 is 0 Å². The number of aromatic amines is 1. The molecule has 1 heterocycles. The minimum atomic E-state index is -0.0581. The molecule has 0 bridgehead atoms. The van der Waals surface area contributed by atoms with Crippen molar-refractivity contribution in [1.29, 1.82) is 0 Å². The molecule has 140 valence electrons. The smallest absolute Gasteiger partial charge is 0.251 e. The third kappa shape index (κ3) is 4.75. The number of nitrogens with one attached hydrogen (secondary N) is 2. The molecule has 3 rings (SSSR count). The van der Waals surface area contributed by atoms with E-state index in [4.69, 9.17) is 0 Å². The van der Waals surface area contributed by atoms with E-state index in [0.29, 0.717) is 19.4 Å². The van der Waals surface area contributed by atoms with Crippen LogP contribution in [-0.4, -0.2) is 17.4 Å². The van der Waals surface area contributed by atoms with Crippen molar-refractivity contribution in [3.8, 4) is 0 Å². The van der Waals surface area contributed by atoms with Gasteiger partial charge in [0.25, 0.3) is 5.56 Å². The van der Waals surface area contributed by atoms with Crippen LogP contribution in [0.4, 0.5) is 0 Å². The van der Waals surface area contributed by atoms with Gasteiger partial charge in [0.15, 0.2) is 0 Å². The van der Waals surface area contributed by atoms with Crippen molar-refractivity contribution in [3.63, 3.8) is 0 Å². The van der Waals surface area contributed by atoms with E-state index in [0.717, 1.165) is 28.8 Å². The molecule has 26 heavy (non-hydrogen) atoms. The van der Waals surface area contributed by atoms with Crippen molar-refractivity contribution in [3.05, 3.63) is 45.2 Å². The van der Waals surface area contributed by atoms with Gasteiger partial charge in [0.05, 0.1) is 0 Å². The first-order chi connectivity index (χ1) is 12.5. The number of carbonyl (C=O) groups is 1. The van der Waals surface area contributed by atoms with Gasteiger partial charge < -0.3 is 10.3 Å². The zero-order valence-corrected chi connectivity index (χ0v) is 16.0. The molecule has 0 unspecified atom stereocenters. The molecule has 0 aliphatic heterocycles. The molecule has 1 saturated carbocycles. The molecule has 1 fully saturated rings. The normalized spacial score (nSPS) is 15.3. The molecule has 4 nitrogen and oxygen atoms in total. The van der Waals surface area contributed by atoms with Crippen molar-refractivity contribution >= 4 is 16.8 Å². The van der Waals surface area contributed by atoms with Crippen LogP contribution >= 0.6 is 0 Å². The number of pyridine rings is 1. The van der Waals surface area contributed by atoms with Crippen LogP contribution in [-0.2, 0) is 11.2 Å². The SMILES string of the molecule is Cc1cc2cc(CCNC(=O)CCC3CCCCC3)c(=O)[nH]c2cc1C. The molecule has 1 aliphatic carbocycles. The summed E-state index contributed by atoms with van der Waals surface area (Å²) >= 11 is 0. The predicted octanol–water partition coefficient (Wildman–Crippen LogP) is 4.16. The number of carbonyl (C=O) groups excluding carboxylic acids is 1. The lowest BCUT2D eigenvalue weighted by Gasteiger charge is -2.20. The second kappa shape index (κ2) is 8.52. The Hall–Kier alpha value is -2.10. The lowest BCUT2D eigenvalue weighted by molar-refractivity contribution is -0.121. The molecule has 1 aliphatic rings. The number of hydrogen-bond acceptors (Lipinski definition) is 2. The highest BCUT2D eigenvalue weighted by atomic mass is 16.1. The Bertz CT molecular complexity index is 832. The number of fused-ring (bicyclic) bond motifs is 1. The van der Waals surface area contributed by atoms with Gasteiger partial charge >= 0.3 is 0 Å². The van der Waals surface area contributed by atoms with Gasteiger partial charge in [-0.25, -0.2) is 0 Å². The van der Waals surface area contributed by atoms with E-state index in [9.17, 15) is 9.59 Å². The third-order valence-electron chi connectivity index (χ3n) is 5.76. The maximum Gasteiger partial charge on any atom is 0.251 e. The summed E-state index contributed by atoms with van der Waals surface area (Å²) < 4.78 is 0. The van der Waals surface area contributed by atoms with E-state index in [-0.39, 0.29) is 11.5 Å². The van der Waals surface area contributed by atoms with Gasteiger partial charge in [0, 0.05) is 24.0 Å². The molecule has 2 N–H and O–H groups in total. The summed E-state index contributed by atoms with van der Waals surface area (Å²) in [5.41, 5.74) is 3.93. The van der Waals surface area contributed by atoms with Crippen LogP contribution in [0.2, 0.25) is 0 Å². The van der Waals surface area contributed by atoms with Gasteiger partial charge in [-0.05, 0) is 67.3 Å². The van der Waals surface area contributed by atoms with Gasteiger partial charge in [-0.15, -0.1) is 0 Å². The first-order valence-corrected chi connectivity index (χ1v) is 9.93. The van der Waals surface area contributed by atoms with Crippen LogP contribution in [0, 0.1) is 19.8 Å². The fraction of sp³-hybridized carbons (Fsp3) is 0.545. The van der Waals surface area contributed by atoms with Gasteiger partial charge in [0.1, 0.15) is 0 Å². The fourth-order valence-corrected chi connectivity index (χ4v) is 3.94. The monoisotopic (exact) mass is 354 g/mol. The van der Waals surface area contributed by atoms with Crippen LogP contribution in [0.3, 0.4) is 0 Å². The van der Waals surface area contributed by atoms with Gasteiger partial charge in [-0.3, -0.25) is 9.59 Å². The van der Waals surface area contributed by atoms with E-state index in [2.05, 4.69) is 23.3 Å². The Morgan fingerprint density at radius 2 is 1.85 bits per heavy atom. The lowest BCUT2D eigenvalue weighted by Crippen LogP contribution is -2.27. The van der Waals surface area contributed by atoms with Crippen molar-refractivity contribution in [1.82, 2.24) is 10.3 Å². The number of aryl methyl sites for hydroxylation is 2. The lowest BCUT2D eigenvalue weighted by atomic mass is 9.86. The molecule has 0 spiro atoms. The molecule has 1 amide bonds. The van der Waals surface area contributed by atoms with E-state index in [1.54, 1.807) is 0 Å². The summed E-state index contributed by atoms with van der Waals surface area (Å²) in [4.78, 5) is 27.3. The first kappa shape index (κ1) is 18.7. The summed E-state index contributed by atoms with van der Waals surface area (Å²) in [7, 11) is 0. The summed E-state index contributed by atoms with van der Waals surface area (Å²) in [6.07, 6.45) is 8.71. The average molecular weight is 354 g/mol. The zero-order chi connectivity index (χ0) is 18.5. The van der Waals surface area contributed by atoms with Gasteiger partial charge in [-0.1, -0.05) is 32.1 Å². The summed E-state index contributed by atoms with van der Waals surface area (Å²) in [5, 5.41) is 4.02. The maximum atomic E-state index is 12.3. The van der Waals surface area contributed by atoms with Crippen molar-refractivity contribution in [2.24, 2.45) is 5.92 Å². The molecule has 1 aromatic heterocycles. The topological polar surface area (TPSA) is 62.0 Å². The predicted molar refractivity (Wildman–Crippen MR) is 107 cm³/mol. The number of benzene rings is 1. The highest BCUT2D eigenvalue weighted by molar-refractivity contribution is 5.80. The van der Waals surface area contributed by atoms with E-state index in [1.807, 2.05) is 19.1 Å². The Kier molecular flexibility index (Phi) is 6.12. The van der Waals surface area contributed by atoms with E-state index < -0.39 is 0 Å². The molecule has 4 heteroatoms. The van der Waals surface area contributed by atoms with Crippen LogP contribution in [0.15, 0.2) is 23.0 Å². The molecule has 0 radical (unpaired) electrons. The Balaban J connectivity index is 1.52. The molecule has 0 atom stereocenters. The third-order valence-corrected chi connectivity index (χ3v) is 5.76. The molecule has 2 aromatic rings. The van der Waals surface area contributed by atoms with E-state index in [1.165, 1.54) is 43.2 Å². The Labute approximate surface area is 155 Å². The Morgan fingerprint density at radius 1 is 1.12 bits per heavy atom. The standard InChI is InChI=1S/C22H30N2O2/c1-15-12-19-14-18(22(26)24-20(19)13-16(15)2)10-11-23-21(25)9-8-17-6-4-3-5-7-17/h12-14,17H,3-11H2,1-2H3,(H,23,25)(H,24,26). The number of amides is 1. The minimum Gasteiger partial charge on any atom is -0.356 e. The maximum absolute atomic E-state index is 12.3. The van der Waals surface area contributed by atoms with Crippen molar-refractivity contribution in [2.45, 2.75) is 65.2 Å². The van der Waals surface area contributed by atoms with Gasteiger partial charge in [-0.2, -0.15) is 0 Å². The molecule has 0 saturated heterocycles. The largest absolute Gasteiger partial charge is 0.356 e. The van der Waals surface area contributed by atoms with Crippen LogP contribution < -0.4 is 10.9 Å². The molecular formula is C22H30N2O2. The average Bonchev–Trinajstić information content (AvgIpc) is 2.63. The minimum absolute atomic E-state index is 0.0581. The summed E-state index contributed by atoms with van der Waals surface area (Å²) in [6.45, 7) is 4.64. The van der Waals surface area contributed by atoms with Gasteiger partial charge in [0.2, 0.25) is 5.91 Å². The van der Waals surface area contributed by atoms with Crippen molar-refractivity contribution in [2.75, 3.05) is 6.54 Å². The van der Waals surface area contributed by atoms with Crippen molar-refractivity contribution < 1.29 is 4.79 Å². The summed E-state index contributed by atoms with van der Waals surface area (Å²) in [5.74, 6) is 0.837. The number of hydrogen-bond donors (Lipinski definition) is 2. The second-order valence-corrected chi connectivity index (χ2v) is 7.79. The number of aromatic nitrogens is 1. The zero-order valence-electron chi connectivity index (χ0n) is 16.0. The molecule has 1 aromatic carbocycles. The molecular weight excluding hydrogens is 324 g/mol. The second-order valence-electron chi connectivity index (χ2n) is 7.79. The number of H-pyrrole nitrogens is 1. The van der Waals surface area contributed by atoms with Crippen LogP contribution in [0.25, 0.3) is 10.9 Å². The number of rotatable bonds is 6. The highest BCUT2D eigenvalue weighted by Crippen LogP contribution is 2.27. The summed E-state index contributed by atoms with van der Waals surface area (Å²) in [6, 6.07) is 6.07. The fourth-order valence-electron chi connectivity index (χ4n) is 3.94. The quantitative estimate of drug-likeness (QED) is 0.818. The highest BCUT2D eigenvalue weighted by Gasteiger charge is 2.14. The Morgan fingerprint density at radius 3 is 2.62 bits per heavy atom. The van der Waals surface area contributed by atoms with Crippen LogP contribution in [0.1, 0.15) is 61.6 Å².